The molecule has 3 fully saturated rings. The molecule has 188 valence electrons. The van der Waals surface area contributed by atoms with Gasteiger partial charge in [-0.3, -0.25) is 0 Å². The lowest BCUT2D eigenvalue weighted by atomic mass is 9.40. The van der Waals surface area contributed by atoms with Gasteiger partial charge in [-0.05, 0) is 105 Å². The zero-order chi connectivity index (χ0) is 24.4. The molecule has 0 aliphatic heterocycles. The number of fused-ring (bicyclic) bond motifs is 5. The molecule has 0 unspecified atom stereocenters. The molecule has 0 spiro atoms. The Labute approximate surface area is 202 Å². The summed E-state index contributed by atoms with van der Waals surface area (Å²) in [5, 5.41) is 31.8. The van der Waals surface area contributed by atoms with Crippen LogP contribution >= 0.6 is 0 Å². The predicted molar refractivity (Wildman–Crippen MR) is 136 cm³/mol. The molecule has 3 nitrogen and oxygen atoms in total. The molecule has 4 rings (SSSR count). The van der Waals surface area contributed by atoms with E-state index >= 15 is 0 Å². The van der Waals surface area contributed by atoms with Crippen LogP contribution in [-0.2, 0) is 0 Å². The van der Waals surface area contributed by atoms with E-state index in [0.717, 1.165) is 25.7 Å². The average molecular weight is 459 g/mol. The minimum atomic E-state index is -0.399. The van der Waals surface area contributed by atoms with E-state index in [1.807, 2.05) is 6.08 Å². The summed E-state index contributed by atoms with van der Waals surface area (Å²) in [4.78, 5) is 0. The minimum absolute atomic E-state index is 0.0763. The summed E-state index contributed by atoms with van der Waals surface area (Å²) in [7, 11) is 0. The molecule has 0 amide bonds. The van der Waals surface area contributed by atoms with Crippen molar-refractivity contribution in [3.63, 3.8) is 0 Å². The van der Waals surface area contributed by atoms with Crippen molar-refractivity contribution in [1.82, 2.24) is 0 Å². The average Bonchev–Trinajstić information content (AvgIpc) is 3.02. The lowest BCUT2D eigenvalue weighted by Crippen LogP contribution is -2.59. The minimum Gasteiger partial charge on any atom is -0.396 e. The first-order valence-corrected chi connectivity index (χ1v) is 13.7. The van der Waals surface area contributed by atoms with E-state index in [-0.39, 0.29) is 29.0 Å². The molecule has 0 aromatic rings. The van der Waals surface area contributed by atoms with E-state index in [0.29, 0.717) is 23.7 Å². The second kappa shape index (κ2) is 8.49. The topological polar surface area (TPSA) is 60.7 Å². The van der Waals surface area contributed by atoms with Crippen molar-refractivity contribution in [2.75, 3.05) is 6.61 Å². The fraction of sp³-hybridized carbons (Fsp3) is 0.867. The first-order chi connectivity index (χ1) is 15.3. The lowest BCUT2D eigenvalue weighted by molar-refractivity contribution is -0.155. The third-order valence-electron chi connectivity index (χ3n) is 11.8. The van der Waals surface area contributed by atoms with Crippen LogP contribution in [0.1, 0.15) is 99.8 Å². The molecule has 10 atom stereocenters. The zero-order valence-corrected chi connectivity index (χ0v) is 22.3. The van der Waals surface area contributed by atoms with Crippen molar-refractivity contribution in [3.05, 3.63) is 23.3 Å². The molecule has 4 aliphatic rings. The number of rotatable bonds is 5. The summed E-state index contributed by atoms with van der Waals surface area (Å²) < 4.78 is 0. The standard InChI is InChI=1S/C30H50O3/c1-19(2)16-21(32)17-20(3)22-10-14-30(7)24-8-9-25-27(4,23(24)11-15-29(22,30)6)13-12-26(33)28(25,5)18-31/h8,16,20-23,25-26,31-33H,9-15,17-18H2,1-7H3/t20-,21-,22-,23+,25+,26+,27+,28+,29-,30+/m0/s1. The van der Waals surface area contributed by atoms with Gasteiger partial charge in [0.1, 0.15) is 0 Å². The van der Waals surface area contributed by atoms with Gasteiger partial charge in [-0.25, -0.2) is 0 Å². The molecule has 0 bridgehead atoms. The SMILES string of the molecule is CC(C)=C[C@H](O)C[C@H](C)[C@@H]1CC[C@]2(C)C3=CC[C@@H]4[C@](C)(CC[C@@H](O)[C@]4(C)CO)[C@@H]3CC[C@@]12C. The van der Waals surface area contributed by atoms with Crippen LogP contribution in [0.15, 0.2) is 23.3 Å². The van der Waals surface area contributed by atoms with Crippen molar-refractivity contribution in [1.29, 1.82) is 0 Å². The van der Waals surface area contributed by atoms with Crippen molar-refractivity contribution in [2.45, 2.75) is 112 Å². The largest absolute Gasteiger partial charge is 0.396 e. The smallest absolute Gasteiger partial charge is 0.0726 e. The molecule has 33 heavy (non-hydrogen) atoms. The van der Waals surface area contributed by atoms with Crippen LogP contribution < -0.4 is 0 Å². The Bertz CT molecular complexity index is 811. The molecule has 4 aliphatic carbocycles. The molecule has 3 N–H and O–H groups in total. The van der Waals surface area contributed by atoms with Crippen LogP contribution in [0.5, 0.6) is 0 Å². The van der Waals surface area contributed by atoms with E-state index in [9.17, 15) is 15.3 Å². The molecular formula is C30H50O3. The molecule has 0 aromatic heterocycles. The summed E-state index contributed by atoms with van der Waals surface area (Å²) >= 11 is 0. The Kier molecular flexibility index (Phi) is 6.55. The van der Waals surface area contributed by atoms with Gasteiger partial charge in [0.05, 0.1) is 18.8 Å². The van der Waals surface area contributed by atoms with Crippen molar-refractivity contribution in [2.24, 2.45) is 45.3 Å². The van der Waals surface area contributed by atoms with E-state index in [1.54, 1.807) is 5.57 Å². The van der Waals surface area contributed by atoms with Crippen molar-refractivity contribution >= 4 is 0 Å². The van der Waals surface area contributed by atoms with Gasteiger partial charge in [-0.15, -0.1) is 0 Å². The molecule has 0 heterocycles. The van der Waals surface area contributed by atoms with E-state index < -0.39 is 11.5 Å². The van der Waals surface area contributed by atoms with Crippen molar-refractivity contribution in [3.8, 4) is 0 Å². The maximum absolute atomic E-state index is 10.8. The molecule has 0 radical (unpaired) electrons. The van der Waals surface area contributed by atoms with Gasteiger partial charge in [0.15, 0.2) is 0 Å². The number of hydrogen-bond donors (Lipinski definition) is 3. The van der Waals surface area contributed by atoms with Gasteiger partial charge in [0.25, 0.3) is 0 Å². The Hall–Kier alpha value is -0.640. The van der Waals surface area contributed by atoms with Crippen LogP contribution in [0.3, 0.4) is 0 Å². The van der Waals surface area contributed by atoms with Gasteiger partial charge in [-0.2, -0.15) is 0 Å². The number of hydrogen-bond acceptors (Lipinski definition) is 3. The third-order valence-corrected chi connectivity index (χ3v) is 11.8. The third kappa shape index (κ3) is 3.62. The summed E-state index contributed by atoms with van der Waals surface area (Å²) in [6.45, 7) is 16.3. The van der Waals surface area contributed by atoms with Gasteiger partial charge in [0.2, 0.25) is 0 Å². The number of allylic oxidation sites excluding steroid dienone is 3. The summed E-state index contributed by atoms with van der Waals surface area (Å²) in [5.74, 6) is 2.06. The fourth-order valence-electron chi connectivity index (χ4n) is 9.69. The van der Waals surface area contributed by atoms with Crippen LogP contribution in [0.25, 0.3) is 0 Å². The summed E-state index contributed by atoms with van der Waals surface area (Å²) in [6.07, 6.45) is 12.5. The maximum Gasteiger partial charge on any atom is 0.0726 e. The highest BCUT2D eigenvalue weighted by molar-refractivity contribution is 5.33. The zero-order valence-electron chi connectivity index (χ0n) is 22.3. The predicted octanol–water partition coefficient (Wildman–Crippen LogP) is 6.28. The molecular weight excluding hydrogens is 408 g/mol. The first-order valence-electron chi connectivity index (χ1n) is 13.7. The quantitative estimate of drug-likeness (QED) is 0.425. The van der Waals surface area contributed by atoms with Crippen LogP contribution in [0.4, 0.5) is 0 Å². The first kappa shape index (κ1) is 25.5. The Morgan fingerprint density at radius 3 is 2.42 bits per heavy atom. The highest BCUT2D eigenvalue weighted by atomic mass is 16.3. The number of aliphatic hydroxyl groups excluding tert-OH is 3. The molecule has 3 saturated carbocycles. The maximum atomic E-state index is 10.8. The van der Waals surface area contributed by atoms with Crippen LogP contribution in [0, 0.1) is 45.3 Å². The van der Waals surface area contributed by atoms with E-state index in [2.05, 4.69) is 54.5 Å². The molecule has 0 saturated heterocycles. The van der Waals surface area contributed by atoms with E-state index in [4.69, 9.17) is 0 Å². The number of aliphatic hydroxyl groups is 3. The lowest BCUT2D eigenvalue weighted by Gasteiger charge is -2.64. The second-order valence-corrected chi connectivity index (χ2v) is 13.7. The van der Waals surface area contributed by atoms with Gasteiger partial charge < -0.3 is 15.3 Å². The monoisotopic (exact) mass is 458 g/mol. The summed E-state index contributed by atoms with van der Waals surface area (Å²) in [5.41, 5.74) is 3.15. The molecule has 0 aromatic carbocycles. The van der Waals surface area contributed by atoms with Crippen LogP contribution in [0.2, 0.25) is 0 Å². The van der Waals surface area contributed by atoms with E-state index in [1.165, 1.54) is 31.3 Å². The Balaban J connectivity index is 1.64. The Morgan fingerprint density at radius 1 is 1.09 bits per heavy atom. The van der Waals surface area contributed by atoms with Gasteiger partial charge in [0, 0.05) is 5.41 Å². The Morgan fingerprint density at radius 2 is 1.79 bits per heavy atom. The fourth-order valence-corrected chi connectivity index (χ4v) is 9.69. The second-order valence-electron chi connectivity index (χ2n) is 13.7. The normalized spacial score (nSPS) is 48.7. The highest BCUT2D eigenvalue weighted by Crippen LogP contribution is 2.73. The van der Waals surface area contributed by atoms with Crippen molar-refractivity contribution < 1.29 is 15.3 Å². The highest BCUT2D eigenvalue weighted by Gasteiger charge is 2.65. The summed E-state index contributed by atoms with van der Waals surface area (Å²) in [6, 6.07) is 0. The molecule has 3 heteroatoms. The van der Waals surface area contributed by atoms with Gasteiger partial charge >= 0.3 is 0 Å². The van der Waals surface area contributed by atoms with Gasteiger partial charge in [-0.1, -0.05) is 57.9 Å². The van der Waals surface area contributed by atoms with Crippen LogP contribution in [-0.4, -0.2) is 34.1 Å².